The number of benzene rings is 2. The Kier molecular flexibility index (Phi) is 5.45. The SMILES string of the molecule is CCc1cc2c(cc1CC)C(=O)C(=Cc1cc3c(nc(-c4cccnc4)n3C)n1-c1ccccc1)C2=O. The quantitative estimate of drug-likeness (QED) is 0.225. The lowest BCUT2D eigenvalue weighted by Crippen LogP contribution is -2.03. The van der Waals surface area contributed by atoms with Gasteiger partial charge in [0.2, 0.25) is 0 Å². The van der Waals surface area contributed by atoms with Crippen molar-refractivity contribution in [1.29, 1.82) is 0 Å². The molecule has 0 bridgehead atoms. The van der Waals surface area contributed by atoms with Gasteiger partial charge in [0.1, 0.15) is 5.82 Å². The molecule has 5 aromatic rings. The van der Waals surface area contributed by atoms with E-state index in [-0.39, 0.29) is 17.1 Å². The molecule has 0 atom stereocenters. The number of rotatable bonds is 5. The van der Waals surface area contributed by atoms with Crippen LogP contribution in [0.3, 0.4) is 0 Å². The minimum atomic E-state index is -0.216. The molecule has 0 radical (unpaired) electrons. The minimum absolute atomic E-state index is 0.192. The summed E-state index contributed by atoms with van der Waals surface area (Å²) in [6.45, 7) is 4.15. The topological polar surface area (TPSA) is 69.8 Å². The molecule has 1 aliphatic rings. The summed E-state index contributed by atoms with van der Waals surface area (Å²) in [6.07, 6.45) is 6.90. The first kappa shape index (κ1) is 22.9. The van der Waals surface area contributed by atoms with Crippen LogP contribution in [-0.4, -0.2) is 30.7 Å². The van der Waals surface area contributed by atoms with Crippen molar-refractivity contribution in [2.24, 2.45) is 7.05 Å². The number of imidazole rings is 1. The second-order valence-electron chi connectivity index (χ2n) is 9.28. The fraction of sp³-hybridized carbons (Fsp3) is 0.161. The molecule has 6 nitrogen and oxygen atoms in total. The van der Waals surface area contributed by atoms with Crippen LogP contribution < -0.4 is 0 Å². The Hall–Kier alpha value is -4.58. The molecule has 3 aromatic heterocycles. The molecule has 0 saturated heterocycles. The van der Waals surface area contributed by atoms with Crippen LogP contribution in [0.1, 0.15) is 51.4 Å². The van der Waals surface area contributed by atoms with Crippen molar-refractivity contribution in [3.05, 3.63) is 107 Å². The number of pyridine rings is 1. The van der Waals surface area contributed by atoms with E-state index in [1.54, 1.807) is 18.5 Å². The van der Waals surface area contributed by atoms with Crippen LogP contribution in [0.25, 0.3) is 34.3 Å². The molecule has 6 rings (SSSR count). The number of carbonyl (C=O) groups is 2. The van der Waals surface area contributed by atoms with Crippen molar-refractivity contribution in [1.82, 2.24) is 19.1 Å². The molecular weight excluding hydrogens is 460 g/mol. The van der Waals surface area contributed by atoms with Gasteiger partial charge in [-0.1, -0.05) is 32.0 Å². The Bertz CT molecular complexity index is 1680. The van der Waals surface area contributed by atoms with Crippen molar-refractivity contribution < 1.29 is 9.59 Å². The number of Topliss-reactive ketones (excluding diaryl/α,β-unsaturated/α-hetero) is 2. The smallest absolute Gasteiger partial charge is 0.197 e. The summed E-state index contributed by atoms with van der Waals surface area (Å²) in [4.78, 5) is 36.1. The van der Waals surface area contributed by atoms with Crippen molar-refractivity contribution in [2.75, 3.05) is 0 Å². The lowest BCUT2D eigenvalue weighted by Gasteiger charge is -2.08. The fourth-order valence-corrected chi connectivity index (χ4v) is 5.25. The molecule has 182 valence electrons. The summed E-state index contributed by atoms with van der Waals surface area (Å²) >= 11 is 0. The maximum atomic E-state index is 13.5. The standard InChI is InChI=1S/C31H26N4O2/c1-4-19-14-24-25(15-20(19)5-2)29(37)26(28(24)36)16-23-17-27-31(35(23)22-11-7-6-8-12-22)33-30(34(27)3)21-10-9-13-32-18-21/h6-18H,4-5H2,1-3H3. The van der Waals surface area contributed by atoms with Gasteiger partial charge in [-0.2, -0.15) is 0 Å². The Morgan fingerprint density at radius 2 is 1.54 bits per heavy atom. The second-order valence-corrected chi connectivity index (χ2v) is 9.28. The molecule has 0 fully saturated rings. The number of hydrogen-bond acceptors (Lipinski definition) is 4. The minimum Gasteiger partial charge on any atom is -0.326 e. The number of nitrogens with zero attached hydrogens (tertiary/aromatic N) is 4. The molecule has 2 aromatic carbocycles. The molecule has 6 heteroatoms. The predicted octanol–water partition coefficient (Wildman–Crippen LogP) is 6.01. The van der Waals surface area contributed by atoms with E-state index in [4.69, 9.17) is 4.98 Å². The number of fused-ring (bicyclic) bond motifs is 2. The second kappa shape index (κ2) is 8.82. The van der Waals surface area contributed by atoms with Gasteiger partial charge in [-0.25, -0.2) is 4.98 Å². The highest BCUT2D eigenvalue weighted by Crippen LogP contribution is 2.34. The maximum Gasteiger partial charge on any atom is 0.197 e. The molecule has 0 amide bonds. The zero-order valence-electron chi connectivity index (χ0n) is 21.0. The van der Waals surface area contributed by atoms with E-state index < -0.39 is 0 Å². The molecule has 37 heavy (non-hydrogen) atoms. The van der Waals surface area contributed by atoms with Crippen LogP contribution >= 0.6 is 0 Å². The summed E-state index contributed by atoms with van der Waals surface area (Å²) < 4.78 is 4.02. The van der Waals surface area contributed by atoms with Crippen LogP contribution in [0.2, 0.25) is 0 Å². The van der Waals surface area contributed by atoms with E-state index >= 15 is 0 Å². The van der Waals surface area contributed by atoms with Crippen molar-refractivity contribution in [3.63, 3.8) is 0 Å². The summed E-state index contributed by atoms with van der Waals surface area (Å²) in [7, 11) is 1.96. The molecule has 0 aliphatic heterocycles. The van der Waals surface area contributed by atoms with Crippen LogP contribution in [0.5, 0.6) is 0 Å². The summed E-state index contributed by atoms with van der Waals surface area (Å²) in [5, 5.41) is 0. The number of aryl methyl sites for hydroxylation is 3. The van der Waals surface area contributed by atoms with E-state index in [9.17, 15) is 9.59 Å². The number of para-hydroxylation sites is 1. The largest absolute Gasteiger partial charge is 0.326 e. The molecule has 0 spiro atoms. The monoisotopic (exact) mass is 486 g/mol. The molecule has 0 unspecified atom stereocenters. The zero-order valence-corrected chi connectivity index (χ0v) is 21.0. The fourth-order valence-electron chi connectivity index (χ4n) is 5.25. The number of allylic oxidation sites excluding steroid dienone is 1. The van der Waals surface area contributed by atoms with Crippen molar-refractivity contribution >= 4 is 28.8 Å². The highest BCUT2D eigenvalue weighted by Gasteiger charge is 2.34. The first-order chi connectivity index (χ1) is 18.0. The average Bonchev–Trinajstić information content (AvgIpc) is 3.53. The first-order valence-electron chi connectivity index (χ1n) is 12.5. The van der Waals surface area contributed by atoms with Gasteiger partial charge < -0.3 is 4.57 Å². The number of aromatic nitrogens is 4. The third-order valence-electron chi connectivity index (χ3n) is 7.18. The van der Waals surface area contributed by atoms with Gasteiger partial charge in [-0.05, 0) is 72.5 Å². The van der Waals surface area contributed by atoms with Crippen LogP contribution in [0.15, 0.2) is 78.6 Å². The summed E-state index contributed by atoms with van der Waals surface area (Å²) in [5.74, 6) is 0.360. The van der Waals surface area contributed by atoms with Gasteiger partial charge in [0.15, 0.2) is 17.2 Å². The van der Waals surface area contributed by atoms with Gasteiger partial charge in [0, 0.05) is 41.8 Å². The van der Waals surface area contributed by atoms with Gasteiger partial charge >= 0.3 is 0 Å². The Morgan fingerprint density at radius 1 is 0.865 bits per heavy atom. The molecule has 3 heterocycles. The molecule has 1 aliphatic carbocycles. The summed E-state index contributed by atoms with van der Waals surface area (Å²) in [5.41, 5.74) is 7.62. The first-order valence-corrected chi connectivity index (χ1v) is 12.5. The highest BCUT2D eigenvalue weighted by molar-refractivity contribution is 6.41. The molecule has 0 N–H and O–H groups in total. The number of ketones is 2. The average molecular weight is 487 g/mol. The summed E-state index contributed by atoms with van der Waals surface area (Å²) in [6, 6.07) is 19.5. The van der Waals surface area contributed by atoms with Gasteiger partial charge in [-0.3, -0.25) is 19.1 Å². The highest BCUT2D eigenvalue weighted by atomic mass is 16.2. The van der Waals surface area contributed by atoms with E-state index in [1.807, 2.05) is 76.8 Å². The van der Waals surface area contributed by atoms with Crippen LogP contribution in [0.4, 0.5) is 0 Å². The Morgan fingerprint density at radius 3 is 2.14 bits per heavy atom. The normalized spacial score (nSPS) is 13.0. The molecular formula is C31H26N4O2. The van der Waals surface area contributed by atoms with Gasteiger partial charge in [0.05, 0.1) is 16.8 Å². The predicted molar refractivity (Wildman–Crippen MR) is 145 cm³/mol. The lowest BCUT2D eigenvalue weighted by molar-refractivity contribution is 0.0990. The van der Waals surface area contributed by atoms with Gasteiger partial charge in [-0.15, -0.1) is 0 Å². The van der Waals surface area contributed by atoms with Gasteiger partial charge in [0.25, 0.3) is 0 Å². The lowest BCUT2D eigenvalue weighted by atomic mass is 9.96. The number of carbonyl (C=O) groups excluding carboxylic acids is 2. The van der Waals surface area contributed by atoms with Crippen molar-refractivity contribution in [3.8, 4) is 17.1 Å². The third-order valence-corrected chi connectivity index (χ3v) is 7.18. The molecule has 0 saturated carbocycles. The number of hydrogen-bond donors (Lipinski definition) is 0. The maximum absolute atomic E-state index is 13.5. The van der Waals surface area contributed by atoms with Crippen LogP contribution in [-0.2, 0) is 19.9 Å². The Balaban J connectivity index is 1.55. The third kappa shape index (κ3) is 3.56. The zero-order chi connectivity index (χ0) is 25.7. The van der Waals surface area contributed by atoms with E-state index in [1.165, 1.54) is 0 Å². The van der Waals surface area contributed by atoms with E-state index in [2.05, 4.69) is 18.8 Å². The van der Waals surface area contributed by atoms with Crippen molar-refractivity contribution in [2.45, 2.75) is 26.7 Å². The Labute approximate surface area is 214 Å². The van der Waals surface area contributed by atoms with Crippen LogP contribution in [0, 0.1) is 0 Å². The van der Waals surface area contributed by atoms with E-state index in [0.717, 1.165) is 57.9 Å². The van der Waals surface area contributed by atoms with E-state index in [0.29, 0.717) is 11.1 Å².